The van der Waals surface area contributed by atoms with Gasteiger partial charge in [-0.3, -0.25) is 0 Å². The van der Waals surface area contributed by atoms with Crippen molar-refractivity contribution in [3.63, 3.8) is 0 Å². The molecular formula is C16H20O2. The summed E-state index contributed by atoms with van der Waals surface area (Å²) in [6.45, 7) is 0. The Morgan fingerprint density at radius 2 is 1.00 bits per heavy atom. The Hall–Kier alpha value is -0.660. The lowest BCUT2D eigenvalue weighted by molar-refractivity contribution is -0.109. The third kappa shape index (κ3) is 0.838. The summed E-state index contributed by atoms with van der Waals surface area (Å²) < 4.78 is 0. The molecule has 0 N–H and O–H groups in total. The Kier molecular flexibility index (Phi) is 1.74. The van der Waals surface area contributed by atoms with E-state index >= 15 is 0 Å². The number of carbonyl (C=O) groups excluding carboxylic acids is 2. The highest BCUT2D eigenvalue weighted by atomic mass is 16.1. The van der Waals surface area contributed by atoms with Gasteiger partial charge in [0.25, 0.3) is 0 Å². The summed E-state index contributed by atoms with van der Waals surface area (Å²) in [5.74, 6) is 8.73. The van der Waals surface area contributed by atoms with Crippen molar-refractivity contribution in [1.82, 2.24) is 0 Å². The molecule has 0 aromatic rings. The molecule has 2 heteroatoms. The van der Waals surface area contributed by atoms with Crippen LogP contribution in [-0.4, -0.2) is 12.6 Å². The fourth-order valence-corrected chi connectivity index (χ4v) is 7.82. The maximum absolute atomic E-state index is 11.0. The van der Waals surface area contributed by atoms with Crippen LogP contribution in [0.4, 0.5) is 0 Å². The van der Waals surface area contributed by atoms with Crippen LogP contribution in [0.2, 0.25) is 0 Å². The molecule has 2 nitrogen and oxygen atoms in total. The van der Waals surface area contributed by atoms with Crippen molar-refractivity contribution >= 4 is 12.6 Å². The van der Waals surface area contributed by atoms with Crippen molar-refractivity contribution < 1.29 is 9.59 Å². The van der Waals surface area contributed by atoms with Gasteiger partial charge in [0.05, 0.1) is 0 Å². The Morgan fingerprint density at radius 1 is 0.667 bits per heavy atom. The van der Waals surface area contributed by atoms with Crippen LogP contribution in [0.25, 0.3) is 0 Å². The van der Waals surface area contributed by atoms with Crippen LogP contribution in [-0.2, 0) is 9.59 Å². The van der Waals surface area contributed by atoms with Crippen LogP contribution in [0.15, 0.2) is 0 Å². The zero-order valence-electron chi connectivity index (χ0n) is 10.6. The average Bonchev–Trinajstić information content (AvgIpc) is 2.92. The summed E-state index contributed by atoms with van der Waals surface area (Å²) in [5.41, 5.74) is 0. The van der Waals surface area contributed by atoms with E-state index in [0.29, 0.717) is 0 Å². The smallest absolute Gasteiger partial charge is 0.120 e. The van der Waals surface area contributed by atoms with Crippen molar-refractivity contribution in [3.8, 4) is 0 Å². The summed E-state index contributed by atoms with van der Waals surface area (Å²) in [4.78, 5) is 21.9. The van der Waals surface area contributed by atoms with Gasteiger partial charge in [-0.2, -0.15) is 0 Å². The minimum Gasteiger partial charge on any atom is -0.303 e. The van der Waals surface area contributed by atoms with E-state index < -0.39 is 0 Å². The van der Waals surface area contributed by atoms with Crippen LogP contribution in [0, 0.1) is 59.2 Å². The molecule has 10 atom stereocenters. The lowest BCUT2D eigenvalue weighted by atomic mass is 9.60. The third-order valence-electron chi connectivity index (χ3n) is 7.78. The van der Waals surface area contributed by atoms with Gasteiger partial charge in [0.2, 0.25) is 0 Å². The molecule has 5 fully saturated rings. The molecule has 0 heterocycles. The SMILES string of the molecule is O=CCC1[C@@H]2C[C@@H]3C4C2C2C4[C@H](C[C@H]21)C3CC=O. The standard InChI is InChI=1S/C16H20O2/c17-3-1-7-9-5-11-8(2-4-18)12-6-10(7)14-13(9)15(11)16(12)14/h3-4,7-16H,1-2,5-6H2/t7?,8?,9-,10-,11-,12+,13?,14?,15?,16?/m0/s1. The van der Waals surface area contributed by atoms with Crippen LogP contribution >= 0.6 is 0 Å². The van der Waals surface area contributed by atoms with Crippen LogP contribution in [0.5, 0.6) is 0 Å². The number of hydrogen-bond acceptors (Lipinski definition) is 2. The van der Waals surface area contributed by atoms with E-state index in [0.717, 1.165) is 72.0 Å². The molecule has 0 bridgehead atoms. The summed E-state index contributed by atoms with van der Waals surface area (Å²) in [6, 6.07) is 0. The molecule has 5 aliphatic rings. The van der Waals surface area contributed by atoms with Crippen molar-refractivity contribution in [2.45, 2.75) is 25.7 Å². The molecule has 0 aliphatic heterocycles. The number of aldehydes is 2. The quantitative estimate of drug-likeness (QED) is 0.710. The van der Waals surface area contributed by atoms with E-state index in [2.05, 4.69) is 0 Å². The van der Waals surface area contributed by atoms with Gasteiger partial charge in [0.15, 0.2) is 0 Å². The van der Waals surface area contributed by atoms with Crippen molar-refractivity contribution in [2.24, 2.45) is 59.2 Å². The monoisotopic (exact) mass is 244 g/mol. The van der Waals surface area contributed by atoms with Crippen molar-refractivity contribution in [1.29, 1.82) is 0 Å². The first kappa shape index (κ1) is 10.2. The fraction of sp³-hybridized carbons (Fsp3) is 0.875. The van der Waals surface area contributed by atoms with Gasteiger partial charge >= 0.3 is 0 Å². The summed E-state index contributed by atoms with van der Waals surface area (Å²) in [7, 11) is 0. The first-order valence-electron chi connectivity index (χ1n) is 7.74. The van der Waals surface area contributed by atoms with Crippen LogP contribution in [0.1, 0.15) is 25.7 Å². The molecule has 5 saturated carbocycles. The van der Waals surface area contributed by atoms with Crippen LogP contribution in [0.3, 0.4) is 0 Å². The number of rotatable bonds is 4. The summed E-state index contributed by atoms with van der Waals surface area (Å²) >= 11 is 0. The molecule has 0 aromatic heterocycles. The van der Waals surface area contributed by atoms with E-state index in [-0.39, 0.29) is 0 Å². The predicted molar refractivity (Wildman–Crippen MR) is 65.5 cm³/mol. The lowest BCUT2D eigenvalue weighted by Crippen LogP contribution is -2.41. The first-order chi connectivity index (χ1) is 8.86. The van der Waals surface area contributed by atoms with Crippen molar-refractivity contribution in [2.75, 3.05) is 0 Å². The molecule has 5 aliphatic carbocycles. The van der Waals surface area contributed by atoms with Gasteiger partial charge in [0, 0.05) is 12.8 Å². The van der Waals surface area contributed by atoms with E-state index in [1.807, 2.05) is 0 Å². The molecule has 18 heavy (non-hydrogen) atoms. The molecule has 5 rings (SSSR count). The molecule has 0 radical (unpaired) electrons. The average molecular weight is 244 g/mol. The Bertz CT molecular complexity index is 355. The largest absolute Gasteiger partial charge is 0.303 e. The van der Waals surface area contributed by atoms with Gasteiger partial charge in [-0.1, -0.05) is 0 Å². The van der Waals surface area contributed by atoms with E-state index in [1.165, 1.54) is 25.4 Å². The second kappa shape index (κ2) is 3.08. The highest BCUT2D eigenvalue weighted by Crippen LogP contribution is 2.82. The Balaban J connectivity index is 1.56. The molecule has 0 amide bonds. The second-order valence-corrected chi connectivity index (χ2v) is 7.57. The molecule has 0 aromatic carbocycles. The highest BCUT2D eigenvalue weighted by molar-refractivity contribution is 5.52. The fourth-order valence-electron chi connectivity index (χ4n) is 7.82. The first-order valence-corrected chi connectivity index (χ1v) is 7.74. The van der Waals surface area contributed by atoms with E-state index in [1.54, 1.807) is 0 Å². The van der Waals surface area contributed by atoms with Gasteiger partial charge in [-0.15, -0.1) is 0 Å². The molecular weight excluding hydrogens is 224 g/mol. The molecule has 6 unspecified atom stereocenters. The Morgan fingerprint density at radius 3 is 1.28 bits per heavy atom. The number of carbonyl (C=O) groups is 2. The normalized spacial score (nSPS) is 65.1. The highest BCUT2D eigenvalue weighted by Gasteiger charge is 2.78. The predicted octanol–water partition coefficient (Wildman–Crippen LogP) is 2.17. The number of hydrogen-bond donors (Lipinski definition) is 0. The van der Waals surface area contributed by atoms with Crippen molar-refractivity contribution in [3.05, 3.63) is 0 Å². The summed E-state index contributed by atoms with van der Waals surface area (Å²) in [6.07, 6.45) is 6.69. The maximum Gasteiger partial charge on any atom is 0.120 e. The summed E-state index contributed by atoms with van der Waals surface area (Å²) in [5, 5.41) is 0. The van der Waals surface area contributed by atoms with E-state index in [4.69, 9.17) is 0 Å². The maximum atomic E-state index is 11.0. The molecule has 0 saturated heterocycles. The zero-order chi connectivity index (χ0) is 12.0. The van der Waals surface area contributed by atoms with Gasteiger partial charge in [-0.25, -0.2) is 0 Å². The second-order valence-electron chi connectivity index (χ2n) is 7.57. The van der Waals surface area contributed by atoms with Crippen LogP contribution < -0.4 is 0 Å². The van der Waals surface area contributed by atoms with Gasteiger partial charge < -0.3 is 9.59 Å². The van der Waals surface area contributed by atoms with E-state index in [9.17, 15) is 9.59 Å². The molecule has 0 spiro atoms. The lowest BCUT2D eigenvalue weighted by Gasteiger charge is -2.44. The molecule has 96 valence electrons. The topological polar surface area (TPSA) is 34.1 Å². The van der Waals surface area contributed by atoms with Gasteiger partial charge in [-0.05, 0) is 72.0 Å². The third-order valence-corrected chi connectivity index (χ3v) is 7.78. The minimum atomic E-state index is 0.720. The minimum absolute atomic E-state index is 0.720. The zero-order valence-corrected chi connectivity index (χ0v) is 10.6. The van der Waals surface area contributed by atoms with Gasteiger partial charge in [0.1, 0.15) is 12.6 Å². The Labute approximate surface area is 108 Å².